The number of phenols is 1. The van der Waals surface area contributed by atoms with Crippen LogP contribution in [0.3, 0.4) is 0 Å². The summed E-state index contributed by atoms with van der Waals surface area (Å²) in [6, 6.07) is 14.9. The molecule has 0 saturated carbocycles. The van der Waals surface area contributed by atoms with Gasteiger partial charge < -0.3 is 23.7 Å². The van der Waals surface area contributed by atoms with E-state index in [1.54, 1.807) is 50.6 Å². The highest BCUT2D eigenvalue weighted by molar-refractivity contribution is 5.90. The van der Waals surface area contributed by atoms with Crippen molar-refractivity contribution in [2.45, 2.75) is 12.3 Å². The first-order valence-corrected chi connectivity index (χ1v) is 10.3. The Morgan fingerprint density at radius 1 is 0.970 bits per heavy atom. The Hall–Kier alpha value is -4.26. The van der Waals surface area contributed by atoms with Gasteiger partial charge in [0.05, 0.1) is 31.6 Å². The van der Waals surface area contributed by atoms with Gasteiger partial charge in [0, 0.05) is 23.1 Å². The zero-order chi connectivity index (χ0) is 23.1. The number of benzene rings is 3. The fourth-order valence-corrected chi connectivity index (χ4v) is 4.27. The third kappa shape index (κ3) is 3.47. The van der Waals surface area contributed by atoms with Crippen molar-refractivity contribution in [1.82, 2.24) is 0 Å². The van der Waals surface area contributed by atoms with Gasteiger partial charge in [0.15, 0.2) is 0 Å². The van der Waals surface area contributed by atoms with E-state index >= 15 is 0 Å². The summed E-state index contributed by atoms with van der Waals surface area (Å²) in [5.41, 5.74) is 2.51. The fourth-order valence-electron chi connectivity index (χ4n) is 4.27. The molecule has 0 aliphatic carbocycles. The van der Waals surface area contributed by atoms with Crippen molar-refractivity contribution in [1.29, 1.82) is 0 Å². The van der Waals surface area contributed by atoms with E-state index in [-0.39, 0.29) is 23.6 Å². The Morgan fingerprint density at radius 3 is 2.48 bits per heavy atom. The van der Waals surface area contributed by atoms with Gasteiger partial charge >= 0.3 is 5.97 Å². The minimum Gasteiger partial charge on any atom is -0.508 e. The van der Waals surface area contributed by atoms with Crippen molar-refractivity contribution in [3.63, 3.8) is 0 Å². The molecular formula is C26H20O7. The molecule has 3 aromatic carbocycles. The van der Waals surface area contributed by atoms with Gasteiger partial charge in [0.2, 0.25) is 5.43 Å². The van der Waals surface area contributed by atoms with Crippen LogP contribution < -0.4 is 19.6 Å². The predicted octanol–water partition coefficient (Wildman–Crippen LogP) is 4.62. The maximum absolute atomic E-state index is 13.3. The monoisotopic (exact) mass is 444 g/mol. The molecule has 0 spiro atoms. The zero-order valence-electron chi connectivity index (χ0n) is 18.0. The molecule has 5 rings (SSSR count). The first-order valence-electron chi connectivity index (χ1n) is 10.3. The van der Waals surface area contributed by atoms with Gasteiger partial charge in [-0.3, -0.25) is 9.59 Å². The van der Waals surface area contributed by atoms with E-state index in [9.17, 15) is 14.7 Å². The number of ether oxygens (including phenoxy) is 3. The van der Waals surface area contributed by atoms with Gasteiger partial charge in [-0.05, 0) is 35.9 Å². The van der Waals surface area contributed by atoms with Crippen LogP contribution in [-0.2, 0) is 4.79 Å². The van der Waals surface area contributed by atoms with Crippen molar-refractivity contribution in [2.75, 3.05) is 14.2 Å². The number of aromatic hydroxyl groups is 1. The smallest absolute Gasteiger partial charge is 0.312 e. The van der Waals surface area contributed by atoms with Gasteiger partial charge in [-0.2, -0.15) is 0 Å². The number of methoxy groups -OCH3 is 2. The number of carbonyl (C=O) groups excluding carboxylic acids is 1. The van der Waals surface area contributed by atoms with Gasteiger partial charge in [-0.1, -0.05) is 18.2 Å². The van der Waals surface area contributed by atoms with Gasteiger partial charge in [0.1, 0.15) is 34.8 Å². The first-order chi connectivity index (χ1) is 16.0. The third-order valence-corrected chi connectivity index (χ3v) is 5.88. The highest BCUT2D eigenvalue weighted by atomic mass is 16.5. The molecule has 0 amide bonds. The summed E-state index contributed by atoms with van der Waals surface area (Å²) in [5.74, 6) is 0.816. The molecule has 33 heavy (non-hydrogen) atoms. The van der Waals surface area contributed by atoms with E-state index in [4.69, 9.17) is 18.6 Å². The van der Waals surface area contributed by atoms with Crippen molar-refractivity contribution < 1.29 is 28.5 Å². The molecule has 2 heterocycles. The average molecular weight is 444 g/mol. The van der Waals surface area contributed by atoms with E-state index in [0.717, 1.165) is 5.56 Å². The minimum atomic E-state index is -0.437. The van der Waals surface area contributed by atoms with E-state index in [0.29, 0.717) is 44.9 Å². The number of hydrogen-bond acceptors (Lipinski definition) is 7. The molecule has 1 N–H and O–H groups in total. The average Bonchev–Trinajstić information content (AvgIpc) is 2.83. The molecule has 0 fully saturated rings. The fraction of sp³-hybridized carbons (Fsp3) is 0.154. The Morgan fingerprint density at radius 2 is 1.76 bits per heavy atom. The Balaban J connectivity index is 1.72. The van der Waals surface area contributed by atoms with E-state index in [2.05, 4.69) is 0 Å². The van der Waals surface area contributed by atoms with Gasteiger partial charge in [-0.25, -0.2) is 0 Å². The van der Waals surface area contributed by atoms with E-state index in [1.165, 1.54) is 18.4 Å². The van der Waals surface area contributed by atoms with Crippen molar-refractivity contribution >= 4 is 16.9 Å². The molecule has 0 radical (unpaired) electrons. The molecule has 166 valence electrons. The van der Waals surface area contributed by atoms with Crippen LogP contribution >= 0.6 is 0 Å². The van der Waals surface area contributed by atoms with E-state index in [1.807, 2.05) is 6.07 Å². The van der Waals surface area contributed by atoms with Gasteiger partial charge in [0.25, 0.3) is 0 Å². The molecule has 1 aliphatic heterocycles. The molecule has 7 heteroatoms. The van der Waals surface area contributed by atoms with Crippen LogP contribution in [0.15, 0.2) is 70.1 Å². The predicted molar refractivity (Wildman–Crippen MR) is 121 cm³/mol. The quantitative estimate of drug-likeness (QED) is 0.362. The molecule has 1 unspecified atom stereocenters. The molecule has 1 aromatic heterocycles. The Bertz CT molecular complexity index is 1430. The second-order valence-electron chi connectivity index (χ2n) is 7.72. The second kappa shape index (κ2) is 8.02. The number of rotatable bonds is 4. The van der Waals surface area contributed by atoms with Crippen molar-refractivity contribution in [3.05, 3.63) is 82.2 Å². The van der Waals surface area contributed by atoms with Crippen LogP contribution in [0.4, 0.5) is 0 Å². The minimum absolute atomic E-state index is 0.0677. The Labute approximate surface area is 188 Å². The van der Waals surface area contributed by atoms with E-state index < -0.39 is 5.92 Å². The number of carbonyl (C=O) groups is 1. The number of esters is 1. The lowest BCUT2D eigenvalue weighted by Gasteiger charge is -2.26. The van der Waals surface area contributed by atoms with Crippen LogP contribution in [0.5, 0.6) is 23.0 Å². The van der Waals surface area contributed by atoms with Gasteiger partial charge in [-0.15, -0.1) is 0 Å². The summed E-state index contributed by atoms with van der Waals surface area (Å²) in [4.78, 5) is 25.7. The van der Waals surface area contributed by atoms with Crippen LogP contribution in [0.25, 0.3) is 22.1 Å². The summed E-state index contributed by atoms with van der Waals surface area (Å²) in [6.45, 7) is 0. The van der Waals surface area contributed by atoms with Crippen LogP contribution in [-0.4, -0.2) is 25.3 Å². The summed E-state index contributed by atoms with van der Waals surface area (Å²) in [6.07, 6.45) is 1.47. The lowest BCUT2D eigenvalue weighted by atomic mass is 9.84. The third-order valence-electron chi connectivity index (χ3n) is 5.88. The van der Waals surface area contributed by atoms with Crippen LogP contribution in [0.1, 0.15) is 23.5 Å². The molecule has 1 aliphatic rings. The van der Waals surface area contributed by atoms with Crippen molar-refractivity contribution in [3.8, 4) is 34.1 Å². The number of fused-ring (bicyclic) bond motifs is 3. The standard InChI is InChI=1S/C26H20O7/c1-30-16-7-8-17(22(11-16)31-2)19-12-23(28)33-21-10-9-18-25(29)20(13-32-26(18)24(19)21)14-3-5-15(27)6-4-14/h3-11,13,19,27H,12H2,1-2H3. The highest BCUT2D eigenvalue weighted by Gasteiger charge is 2.34. The molecule has 7 nitrogen and oxygen atoms in total. The molecule has 0 saturated heterocycles. The molecule has 1 atom stereocenters. The van der Waals surface area contributed by atoms with Crippen LogP contribution in [0.2, 0.25) is 0 Å². The molecule has 4 aromatic rings. The number of hydrogen-bond donors (Lipinski definition) is 1. The lowest BCUT2D eigenvalue weighted by Crippen LogP contribution is -2.22. The van der Waals surface area contributed by atoms with Crippen molar-refractivity contribution in [2.24, 2.45) is 0 Å². The largest absolute Gasteiger partial charge is 0.508 e. The maximum Gasteiger partial charge on any atom is 0.312 e. The zero-order valence-corrected chi connectivity index (χ0v) is 18.0. The summed E-state index contributed by atoms with van der Waals surface area (Å²) >= 11 is 0. The number of phenolic OH excluding ortho intramolecular Hbond substituents is 1. The second-order valence-corrected chi connectivity index (χ2v) is 7.72. The maximum atomic E-state index is 13.3. The van der Waals surface area contributed by atoms with Crippen LogP contribution in [0, 0.1) is 0 Å². The normalized spacial score (nSPS) is 15.1. The topological polar surface area (TPSA) is 95.2 Å². The SMILES string of the molecule is COc1ccc(C2CC(=O)Oc3ccc4c(=O)c(-c5ccc(O)cc5)coc4c32)c(OC)c1. The molecule has 0 bridgehead atoms. The summed E-state index contributed by atoms with van der Waals surface area (Å²) in [7, 11) is 3.11. The summed E-state index contributed by atoms with van der Waals surface area (Å²) in [5, 5.41) is 9.92. The highest BCUT2D eigenvalue weighted by Crippen LogP contribution is 2.45. The lowest BCUT2D eigenvalue weighted by molar-refractivity contribution is -0.135. The first kappa shape index (κ1) is 20.6. The molecular weight excluding hydrogens is 424 g/mol. The Kier molecular flexibility index (Phi) is 5.01. The summed E-state index contributed by atoms with van der Waals surface area (Å²) < 4.78 is 22.3.